The van der Waals surface area contributed by atoms with Crippen molar-refractivity contribution in [1.82, 2.24) is 4.57 Å². The average Bonchev–Trinajstić information content (AvgIpc) is 3.00. The number of rotatable bonds is 5. The third-order valence-electron chi connectivity index (χ3n) is 6.74. The van der Waals surface area contributed by atoms with Crippen LogP contribution < -0.4 is 17.0 Å². The Bertz CT molecular complexity index is 1080. The lowest BCUT2D eigenvalue weighted by atomic mass is 9.75. The van der Waals surface area contributed by atoms with Gasteiger partial charge in [0, 0.05) is 0 Å². The molecule has 6 heteroatoms. The van der Waals surface area contributed by atoms with E-state index in [1.807, 2.05) is 35.9 Å². The van der Waals surface area contributed by atoms with Crippen LogP contribution >= 0.6 is 0 Å². The van der Waals surface area contributed by atoms with Gasteiger partial charge in [0.15, 0.2) is 17.6 Å². The maximum atomic E-state index is 13.5. The number of imidazole rings is 1. The molecule has 0 bridgehead atoms. The largest absolute Gasteiger partial charge is 1.00 e. The molecular weight excluding hydrogens is 427 g/mol. The number of esters is 1. The Morgan fingerprint density at radius 1 is 1.16 bits per heavy atom. The SMILES string of the molecule is CC1CCC(C(C)C)C(OC(=O)Cn2c(-c3ccc(F)cc3)[n+](C)c3ccccc32)C1.[Cl-]. The van der Waals surface area contributed by atoms with Gasteiger partial charge in [0.05, 0.1) is 12.6 Å². The van der Waals surface area contributed by atoms with Crippen LogP contribution in [0.2, 0.25) is 0 Å². The van der Waals surface area contributed by atoms with Gasteiger partial charge in [-0.1, -0.05) is 39.3 Å². The summed E-state index contributed by atoms with van der Waals surface area (Å²) in [7, 11) is 1.97. The highest BCUT2D eigenvalue weighted by atomic mass is 35.5. The number of aromatic nitrogens is 2. The standard InChI is InChI=1S/C26H32FN2O2.ClH/c1-17(2)21-14-9-18(3)15-24(21)31-25(30)16-29-23-8-6-5-7-22(23)28(4)26(29)19-10-12-20(27)13-11-19;/h5-8,10-13,17-18,21,24H,9,14-16H2,1-4H3;1H/q+1;/p-1. The molecule has 2 aromatic carbocycles. The number of fused-ring (bicyclic) bond motifs is 1. The van der Waals surface area contributed by atoms with Crippen molar-refractivity contribution in [2.75, 3.05) is 0 Å². The number of benzene rings is 2. The van der Waals surface area contributed by atoms with Gasteiger partial charge >= 0.3 is 5.97 Å². The zero-order chi connectivity index (χ0) is 22.1. The molecule has 0 spiro atoms. The first-order chi connectivity index (χ1) is 14.8. The van der Waals surface area contributed by atoms with E-state index in [4.69, 9.17) is 4.74 Å². The predicted molar refractivity (Wildman–Crippen MR) is 120 cm³/mol. The van der Waals surface area contributed by atoms with Crippen LogP contribution in [-0.4, -0.2) is 16.6 Å². The van der Waals surface area contributed by atoms with Crippen molar-refractivity contribution in [1.29, 1.82) is 0 Å². The Balaban J connectivity index is 0.00000289. The Labute approximate surface area is 195 Å². The summed E-state index contributed by atoms with van der Waals surface area (Å²) in [5.41, 5.74) is 2.83. The predicted octanol–water partition coefficient (Wildman–Crippen LogP) is 2.28. The van der Waals surface area contributed by atoms with Crippen LogP contribution in [0.15, 0.2) is 48.5 Å². The van der Waals surface area contributed by atoms with Crippen molar-refractivity contribution < 1.29 is 30.9 Å². The number of carbonyl (C=O) groups excluding carboxylic acids is 1. The lowest BCUT2D eigenvalue weighted by Crippen LogP contribution is -3.00. The first-order valence-electron chi connectivity index (χ1n) is 11.3. The molecule has 1 fully saturated rings. The maximum absolute atomic E-state index is 13.5. The number of halogens is 2. The number of carbonyl (C=O) groups is 1. The van der Waals surface area contributed by atoms with Gasteiger partial charge in [-0.05, 0) is 67.0 Å². The fraction of sp³-hybridized carbons (Fsp3) is 0.462. The van der Waals surface area contributed by atoms with E-state index in [1.54, 1.807) is 12.1 Å². The molecule has 0 aliphatic heterocycles. The molecule has 3 atom stereocenters. The van der Waals surface area contributed by atoms with Crippen molar-refractivity contribution in [3.63, 3.8) is 0 Å². The van der Waals surface area contributed by atoms with Crippen LogP contribution in [-0.2, 0) is 23.1 Å². The number of para-hydroxylation sites is 2. The second-order valence-electron chi connectivity index (χ2n) is 9.32. The molecule has 172 valence electrons. The molecule has 32 heavy (non-hydrogen) atoms. The summed E-state index contributed by atoms with van der Waals surface area (Å²) in [6.07, 6.45) is 3.21. The zero-order valence-corrected chi connectivity index (χ0v) is 20.0. The van der Waals surface area contributed by atoms with E-state index in [-0.39, 0.29) is 36.8 Å². The van der Waals surface area contributed by atoms with Crippen molar-refractivity contribution >= 4 is 17.0 Å². The Morgan fingerprint density at radius 2 is 1.84 bits per heavy atom. The van der Waals surface area contributed by atoms with E-state index < -0.39 is 0 Å². The van der Waals surface area contributed by atoms with Gasteiger partial charge in [-0.25, -0.2) is 18.3 Å². The van der Waals surface area contributed by atoms with Crippen LogP contribution in [0, 0.1) is 23.6 Å². The third kappa shape index (κ3) is 4.83. The highest BCUT2D eigenvalue weighted by Gasteiger charge is 2.34. The van der Waals surface area contributed by atoms with Crippen molar-refractivity contribution in [3.05, 3.63) is 54.3 Å². The molecule has 3 unspecified atom stereocenters. The average molecular weight is 459 g/mol. The molecule has 0 radical (unpaired) electrons. The van der Waals surface area contributed by atoms with E-state index in [0.29, 0.717) is 17.8 Å². The van der Waals surface area contributed by atoms with Crippen LogP contribution in [0.4, 0.5) is 4.39 Å². The first kappa shape index (κ1) is 24.2. The van der Waals surface area contributed by atoms with Gasteiger partial charge in [0.2, 0.25) is 0 Å². The fourth-order valence-electron chi connectivity index (χ4n) is 5.08. The molecule has 4 rings (SSSR count). The molecule has 1 aromatic heterocycles. The maximum Gasteiger partial charge on any atom is 0.348 e. The van der Waals surface area contributed by atoms with E-state index in [2.05, 4.69) is 25.3 Å². The molecule has 0 N–H and O–H groups in total. The minimum atomic E-state index is -0.278. The summed E-state index contributed by atoms with van der Waals surface area (Å²) < 4.78 is 23.6. The summed E-state index contributed by atoms with van der Waals surface area (Å²) in [4.78, 5) is 13.1. The number of hydrogen-bond donors (Lipinski definition) is 0. The van der Waals surface area contributed by atoms with Crippen LogP contribution in [0.1, 0.15) is 40.0 Å². The Hall–Kier alpha value is -2.40. The van der Waals surface area contributed by atoms with E-state index >= 15 is 0 Å². The zero-order valence-electron chi connectivity index (χ0n) is 19.2. The molecule has 1 saturated carbocycles. The molecule has 1 heterocycles. The summed E-state index contributed by atoms with van der Waals surface area (Å²) in [6, 6.07) is 14.4. The minimum absolute atomic E-state index is 0. The first-order valence-corrected chi connectivity index (χ1v) is 11.3. The lowest BCUT2D eigenvalue weighted by molar-refractivity contribution is -0.634. The molecule has 0 saturated heterocycles. The number of aryl methyl sites for hydroxylation is 1. The summed E-state index contributed by atoms with van der Waals surface area (Å²) in [5.74, 6) is 1.84. The summed E-state index contributed by atoms with van der Waals surface area (Å²) in [5, 5.41) is 0. The number of nitrogens with zero attached hydrogens (tertiary/aromatic N) is 2. The molecule has 4 nitrogen and oxygen atoms in total. The molecule has 1 aliphatic carbocycles. The van der Waals surface area contributed by atoms with Gasteiger partial charge in [-0.15, -0.1) is 0 Å². The normalized spacial score (nSPS) is 20.9. The molecule has 1 aliphatic rings. The third-order valence-corrected chi connectivity index (χ3v) is 6.74. The number of ether oxygens (including phenoxy) is 1. The van der Waals surface area contributed by atoms with Crippen molar-refractivity contribution in [3.8, 4) is 11.4 Å². The monoisotopic (exact) mass is 458 g/mol. The number of hydrogen-bond acceptors (Lipinski definition) is 2. The second kappa shape index (κ2) is 10.0. The fourth-order valence-corrected chi connectivity index (χ4v) is 5.08. The summed E-state index contributed by atoms with van der Waals surface area (Å²) in [6.45, 7) is 6.80. The van der Waals surface area contributed by atoms with E-state index in [9.17, 15) is 9.18 Å². The van der Waals surface area contributed by atoms with E-state index in [1.165, 1.54) is 18.6 Å². The molecular formula is C26H32ClFN2O2. The van der Waals surface area contributed by atoms with Crippen LogP contribution in [0.3, 0.4) is 0 Å². The quantitative estimate of drug-likeness (QED) is 0.434. The van der Waals surface area contributed by atoms with Crippen LogP contribution in [0.25, 0.3) is 22.4 Å². The lowest BCUT2D eigenvalue weighted by Gasteiger charge is -2.36. The van der Waals surface area contributed by atoms with Gasteiger partial charge in [-0.2, -0.15) is 0 Å². The smallest absolute Gasteiger partial charge is 0.348 e. The summed E-state index contributed by atoms with van der Waals surface area (Å²) >= 11 is 0. The molecule has 3 aromatic rings. The van der Waals surface area contributed by atoms with Gasteiger partial charge in [0.25, 0.3) is 5.82 Å². The van der Waals surface area contributed by atoms with Gasteiger partial charge in [0.1, 0.15) is 11.9 Å². The van der Waals surface area contributed by atoms with Crippen molar-refractivity contribution in [2.45, 2.75) is 52.7 Å². The highest BCUT2D eigenvalue weighted by Crippen LogP contribution is 2.35. The topological polar surface area (TPSA) is 35.1 Å². The van der Waals surface area contributed by atoms with Gasteiger partial charge < -0.3 is 17.1 Å². The second-order valence-corrected chi connectivity index (χ2v) is 9.32. The molecule has 0 amide bonds. The van der Waals surface area contributed by atoms with Crippen LogP contribution in [0.5, 0.6) is 0 Å². The Kier molecular flexibility index (Phi) is 7.60. The van der Waals surface area contributed by atoms with Gasteiger partial charge in [-0.3, -0.25) is 0 Å². The van der Waals surface area contributed by atoms with E-state index in [0.717, 1.165) is 35.3 Å². The minimum Gasteiger partial charge on any atom is -1.00 e. The highest BCUT2D eigenvalue weighted by molar-refractivity contribution is 5.79. The van der Waals surface area contributed by atoms with Crippen molar-refractivity contribution in [2.24, 2.45) is 24.8 Å². The Morgan fingerprint density at radius 3 is 2.53 bits per heavy atom.